The van der Waals surface area contributed by atoms with E-state index in [1.165, 1.54) is 38.5 Å². The zero-order valence-corrected chi connectivity index (χ0v) is 18.1. The lowest BCUT2D eigenvalue weighted by atomic mass is 10.0. The number of hydrogen-bond acceptors (Lipinski definition) is 4. The number of ketones is 1. The highest BCUT2D eigenvalue weighted by atomic mass is 16.5. The number of hydrogen-bond donors (Lipinski definition) is 1. The Morgan fingerprint density at radius 2 is 1.45 bits per heavy atom. The van der Waals surface area contributed by atoms with Gasteiger partial charge in [-0.3, -0.25) is 9.59 Å². The average Bonchev–Trinajstić information content (AvgIpc) is 2.72. The maximum absolute atomic E-state index is 12.4. The van der Waals surface area contributed by atoms with Crippen molar-refractivity contribution in [3.8, 4) is 0 Å². The quantitative estimate of drug-likeness (QED) is 0.233. The molecule has 0 bridgehead atoms. The van der Waals surface area contributed by atoms with Crippen LogP contribution in [-0.2, 0) is 14.3 Å². The molecule has 1 amide bonds. The van der Waals surface area contributed by atoms with Gasteiger partial charge in [0.05, 0.1) is 6.61 Å². The largest absolute Gasteiger partial charge is 0.464 e. The van der Waals surface area contributed by atoms with Gasteiger partial charge in [0, 0.05) is 18.4 Å². The standard InChI is InChI=1S/C24H37NO4/c1-3-5-6-7-8-9-10-11-15-18-23(27)25-21(24(28)29-4-2)19-22(26)20-16-13-12-14-17-20/h12-14,16-17,21H,3-11,15,18-19H2,1-2H3,(H,25,27)/t21-/m0/s1. The molecule has 1 atom stereocenters. The van der Waals surface area contributed by atoms with Gasteiger partial charge in [-0.05, 0) is 13.3 Å². The Hall–Kier alpha value is -2.17. The first-order valence-electron chi connectivity index (χ1n) is 11.1. The van der Waals surface area contributed by atoms with E-state index in [1.54, 1.807) is 31.2 Å². The highest BCUT2D eigenvalue weighted by molar-refractivity contribution is 5.99. The molecule has 0 spiro atoms. The van der Waals surface area contributed by atoms with Crippen molar-refractivity contribution in [2.75, 3.05) is 6.61 Å². The molecule has 1 N–H and O–H groups in total. The van der Waals surface area contributed by atoms with E-state index in [1.807, 2.05) is 6.07 Å². The minimum atomic E-state index is -0.936. The number of esters is 1. The summed E-state index contributed by atoms with van der Waals surface area (Å²) in [5.74, 6) is -0.948. The molecule has 0 radical (unpaired) electrons. The lowest BCUT2D eigenvalue weighted by molar-refractivity contribution is -0.147. The van der Waals surface area contributed by atoms with E-state index in [2.05, 4.69) is 12.2 Å². The van der Waals surface area contributed by atoms with E-state index in [0.717, 1.165) is 19.3 Å². The van der Waals surface area contributed by atoms with Crippen LogP contribution in [0.3, 0.4) is 0 Å². The smallest absolute Gasteiger partial charge is 0.329 e. The lowest BCUT2D eigenvalue weighted by Gasteiger charge is -2.17. The number of rotatable bonds is 16. The molecular formula is C24H37NO4. The van der Waals surface area contributed by atoms with Gasteiger partial charge < -0.3 is 10.1 Å². The highest BCUT2D eigenvalue weighted by Gasteiger charge is 2.25. The SMILES string of the molecule is CCCCCCCCCCCC(=O)N[C@@H](CC(=O)c1ccccc1)C(=O)OCC. The summed E-state index contributed by atoms with van der Waals surface area (Å²) in [4.78, 5) is 36.8. The predicted molar refractivity (Wildman–Crippen MR) is 116 cm³/mol. The zero-order valence-electron chi connectivity index (χ0n) is 18.1. The second-order valence-corrected chi connectivity index (χ2v) is 7.44. The summed E-state index contributed by atoms with van der Waals surface area (Å²) in [6.07, 6.45) is 10.9. The normalized spacial score (nSPS) is 11.7. The van der Waals surface area contributed by atoms with Gasteiger partial charge in [-0.1, -0.05) is 88.6 Å². The summed E-state index contributed by atoms with van der Waals surface area (Å²) in [7, 11) is 0. The van der Waals surface area contributed by atoms with Gasteiger partial charge in [-0.2, -0.15) is 0 Å². The summed E-state index contributed by atoms with van der Waals surface area (Å²) < 4.78 is 5.03. The zero-order chi connectivity index (χ0) is 21.3. The van der Waals surface area contributed by atoms with E-state index in [4.69, 9.17) is 4.74 Å². The molecule has 0 saturated heterocycles. The minimum absolute atomic E-state index is 0.0909. The van der Waals surface area contributed by atoms with Gasteiger partial charge in [0.15, 0.2) is 5.78 Å². The highest BCUT2D eigenvalue weighted by Crippen LogP contribution is 2.11. The molecule has 0 fully saturated rings. The third-order valence-electron chi connectivity index (χ3n) is 4.90. The van der Waals surface area contributed by atoms with Crippen LogP contribution in [0.25, 0.3) is 0 Å². The van der Waals surface area contributed by atoms with Gasteiger partial charge in [0.1, 0.15) is 6.04 Å². The lowest BCUT2D eigenvalue weighted by Crippen LogP contribution is -2.43. The van der Waals surface area contributed by atoms with Crippen molar-refractivity contribution >= 4 is 17.7 Å². The van der Waals surface area contributed by atoms with Crippen LogP contribution in [0.2, 0.25) is 0 Å². The van der Waals surface area contributed by atoms with Crippen molar-refractivity contribution in [2.24, 2.45) is 0 Å². The molecule has 5 heteroatoms. The van der Waals surface area contributed by atoms with Crippen LogP contribution >= 0.6 is 0 Å². The van der Waals surface area contributed by atoms with Gasteiger partial charge in [0.25, 0.3) is 0 Å². The minimum Gasteiger partial charge on any atom is -0.464 e. The molecule has 0 unspecified atom stereocenters. The summed E-state index contributed by atoms with van der Waals surface area (Å²) in [6.45, 7) is 4.14. The van der Waals surface area contributed by atoms with E-state index >= 15 is 0 Å². The maximum atomic E-state index is 12.4. The van der Waals surface area contributed by atoms with Crippen LogP contribution in [0, 0.1) is 0 Å². The average molecular weight is 404 g/mol. The van der Waals surface area contributed by atoms with Gasteiger partial charge >= 0.3 is 5.97 Å². The number of unbranched alkanes of at least 4 members (excludes halogenated alkanes) is 8. The number of nitrogens with one attached hydrogen (secondary N) is 1. The van der Waals surface area contributed by atoms with E-state index in [9.17, 15) is 14.4 Å². The first-order valence-corrected chi connectivity index (χ1v) is 11.1. The molecule has 0 heterocycles. The maximum Gasteiger partial charge on any atom is 0.329 e. The molecule has 5 nitrogen and oxygen atoms in total. The number of carbonyl (C=O) groups excluding carboxylic acids is 3. The predicted octanol–water partition coefficient (Wildman–Crippen LogP) is 5.23. The monoisotopic (exact) mass is 403 g/mol. The first kappa shape index (κ1) is 24.9. The number of Topliss-reactive ketones (excluding diaryl/α,β-unsaturated/α-hetero) is 1. The van der Waals surface area contributed by atoms with E-state index in [-0.39, 0.29) is 24.7 Å². The Kier molecular flexibility index (Phi) is 13.5. The number of ether oxygens (including phenoxy) is 1. The van der Waals surface area contributed by atoms with Crippen LogP contribution in [0.1, 0.15) is 94.8 Å². The third-order valence-corrected chi connectivity index (χ3v) is 4.90. The van der Waals surface area contributed by atoms with Crippen molar-refractivity contribution in [1.82, 2.24) is 5.32 Å². The molecule has 29 heavy (non-hydrogen) atoms. The van der Waals surface area contributed by atoms with E-state index in [0.29, 0.717) is 12.0 Å². The van der Waals surface area contributed by atoms with Crippen molar-refractivity contribution in [2.45, 2.75) is 90.5 Å². The number of amides is 1. The first-order chi connectivity index (χ1) is 14.1. The summed E-state index contributed by atoms with van der Waals surface area (Å²) in [6, 6.07) is 7.84. The van der Waals surface area contributed by atoms with Crippen LogP contribution in [-0.4, -0.2) is 30.3 Å². The molecular weight excluding hydrogens is 366 g/mol. The van der Waals surface area contributed by atoms with Gasteiger partial charge in [0.2, 0.25) is 5.91 Å². The molecule has 0 aliphatic heterocycles. The fourth-order valence-electron chi connectivity index (χ4n) is 3.23. The van der Waals surface area contributed by atoms with Crippen molar-refractivity contribution in [3.63, 3.8) is 0 Å². The molecule has 0 aliphatic rings. The molecule has 0 aromatic heterocycles. The third kappa shape index (κ3) is 11.4. The van der Waals surface area contributed by atoms with Crippen molar-refractivity contribution < 1.29 is 19.1 Å². The Morgan fingerprint density at radius 1 is 0.862 bits per heavy atom. The van der Waals surface area contributed by atoms with Gasteiger partial charge in [-0.15, -0.1) is 0 Å². The van der Waals surface area contributed by atoms with Crippen molar-refractivity contribution in [3.05, 3.63) is 35.9 Å². The molecule has 1 rings (SSSR count). The second-order valence-electron chi connectivity index (χ2n) is 7.44. The second kappa shape index (κ2) is 15.7. The fraction of sp³-hybridized carbons (Fsp3) is 0.625. The van der Waals surface area contributed by atoms with E-state index < -0.39 is 12.0 Å². The topological polar surface area (TPSA) is 72.5 Å². The molecule has 1 aromatic rings. The summed E-state index contributed by atoms with van der Waals surface area (Å²) >= 11 is 0. The van der Waals surface area contributed by atoms with Crippen LogP contribution in [0.15, 0.2) is 30.3 Å². The Morgan fingerprint density at radius 3 is 2.03 bits per heavy atom. The molecule has 162 valence electrons. The Balaban J connectivity index is 2.35. The van der Waals surface area contributed by atoms with Crippen molar-refractivity contribution in [1.29, 1.82) is 0 Å². The summed E-state index contributed by atoms with van der Waals surface area (Å²) in [5, 5.41) is 2.69. The van der Waals surface area contributed by atoms with Crippen LogP contribution < -0.4 is 5.32 Å². The number of carbonyl (C=O) groups is 3. The summed E-state index contributed by atoms with van der Waals surface area (Å²) in [5.41, 5.74) is 0.523. The molecule has 1 aromatic carbocycles. The van der Waals surface area contributed by atoms with Crippen LogP contribution in [0.4, 0.5) is 0 Å². The molecule has 0 saturated carbocycles. The Labute approximate surface area is 175 Å². The van der Waals surface area contributed by atoms with Crippen LogP contribution in [0.5, 0.6) is 0 Å². The fourth-order valence-corrected chi connectivity index (χ4v) is 3.23. The van der Waals surface area contributed by atoms with Gasteiger partial charge in [-0.25, -0.2) is 4.79 Å². The number of benzene rings is 1. The Bertz CT molecular complexity index is 600. The molecule has 0 aliphatic carbocycles.